The lowest BCUT2D eigenvalue weighted by atomic mass is 9.53. The van der Waals surface area contributed by atoms with E-state index in [4.69, 9.17) is 9.47 Å². The van der Waals surface area contributed by atoms with Crippen LogP contribution in [0.1, 0.15) is 74.5 Å². The van der Waals surface area contributed by atoms with Gasteiger partial charge in [-0.05, 0) is 79.5 Å². The third-order valence-electron chi connectivity index (χ3n) is 10.1. The molecular weight excluding hydrogens is 560 g/mol. The van der Waals surface area contributed by atoms with Crippen molar-refractivity contribution in [2.24, 2.45) is 30.7 Å². The SMILES string of the molecule is C[C@@H]1[C@H](CSc2nccn2C)O[C@H](c2cccc(NC(=O)NC34CC5CC(CC(C5)C3)C4)c2)O[C@@H]1c1ccc(CO)cc1. The fourth-order valence-electron chi connectivity index (χ4n) is 8.39. The van der Waals surface area contributed by atoms with E-state index in [9.17, 15) is 9.90 Å². The number of anilines is 1. The number of aromatic nitrogens is 2. The van der Waals surface area contributed by atoms with Gasteiger partial charge in [0.2, 0.25) is 0 Å². The van der Waals surface area contributed by atoms with Gasteiger partial charge in [-0.15, -0.1) is 0 Å². The summed E-state index contributed by atoms with van der Waals surface area (Å²) in [4.78, 5) is 17.8. The third kappa shape index (κ3) is 6.10. The Labute approximate surface area is 258 Å². The molecule has 4 aliphatic carbocycles. The van der Waals surface area contributed by atoms with E-state index < -0.39 is 6.29 Å². The van der Waals surface area contributed by atoms with Gasteiger partial charge in [0, 0.05) is 47.9 Å². The minimum absolute atomic E-state index is 0.00621. The molecule has 5 fully saturated rings. The van der Waals surface area contributed by atoms with E-state index in [1.54, 1.807) is 11.8 Å². The number of aliphatic hydroxyl groups excluding tert-OH is 1. The second kappa shape index (κ2) is 11.9. The third-order valence-corrected chi connectivity index (χ3v) is 11.3. The Morgan fingerprint density at radius 2 is 1.77 bits per heavy atom. The summed E-state index contributed by atoms with van der Waals surface area (Å²) in [6, 6.07) is 15.7. The highest BCUT2D eigenvalue weighted by atomic mass is 32.2. The second-order valence-electron chi connectivity index (χ2n) is 13.4. The van der Waals surface area contributed by atoms with Crippen LogP contribution in [0, 0.1) is 23.7 Å². The van der Waals surface area contributed by atoms with Crippen LogP contribution in [0.25, 0.3) is 0 Å². The molecule has 0 unspecified atom stereocenters. The lowest BCUT2D eigenvalue weighted by molar-refractivity contribution is -0.268. The van der Waals surface area contributed by atoms with Gasteiger partial charge in [0.1, 0.15) is 0 Å². The zero-order valence-corrected chi connectivity index (χ0v) is 25.8. The van der Waals surface area contributed by atoms with E-state index in [-0.39, 0.29) is 36.3 Å². The van der Waals surface area contributed by atoms with Crippen LogP contribution in [-0.2, 0) is 23.1 Å². The van der Waals surface area contributed by atoms with Crippen LogP contribution in [0.5, 0.6) is 0 Å². The Morgan fingerprint density at radius 1 is 1.05 bits per heavy atom. The van der Waals surface area contributed by atoms with Crippen molar-refractivity contribution in [1.29, 1.82) is 0 Å². The minimum Gasteiger partial charge on any atom is -0.392 e. The molecule has 5 aliphatic rings. The molecule has 2 aromatic carbocycles. The average molecular weight is 603 g/mol. The summed E-state index contributed by atoms with van der Waals surface area (Å²) >= 11 is 1.68. The van der Waals surface area contributed by atoms with E-state index in [2.05, 4.69) is 22.5 Å². The normalized spacial score (nSPS) is 33.0. The van der Waals surface area contributed by atoms with Crippen molar-refractivity contribution in [2.75, 3.05) is 11.1 Å². The quantitative estimate of drug-likeness (QED) is 0.252. The number of rotatable bonds is 8. The molecule has 0 radical (unpaired) electrons. The van der Waals surface area contributed by atoms with Crippen molar-refractivity contribution in [3.05, 3.63) is 77.6 Å². The first-order chi connectivity index (χ1) is 20.9. The van der Waals surface area contributed by atoms with Crippen molar-refractivity contribution in [3.8, 4) is 0 Å². The number of nitrogens with one attached hydrogen (secondary N) is 2. The topological polar surface area (TPSA) is 97.6 Å². The molecule has 4 atom stereocenters. The highest BCUT2D eigenvalue weighted by molar-refractivity contribution is 7.99. The van der Waals surface area contributed by atoms with E-state index in [1.807, 2.05) is 72.5 Å². The summed E-state index contributed by atoms with van der Waals surface area (Å²) in [6.45, 7) is 2.17. The van der Waals surface area contributed by atoms with Crippen LogP contribution in [-0.4, -0.2) is 38.1 Å². The zero-order chi connectivity index (χ0) is 29.6. The van der Waals surface area contributed by atoms with Crippen LogP contribution in [0.15, 0.2) is 66.1 Å². The van der Waals surface area contributed by atoms with Gasteiger partial charge in [0.05, 0.1) is 18.8 Å². The molecule has 1 aliphatic heterocycles. The first kappa shape index (κ1) is 28.9. The maximum atomic E-state index is 13.3. The number of nitrogens with zero attached hydrogens (tertiary/aromatic N) is 2. The molecule has 2 amide bonds. The first-order valence-electron chi connectivity index (χ1n) is 15.7. The number of hydrogen-bond acceptors (Lipinski definition) is 6. The van der Waals surface area contributed by atoms with Crippen molar-refractivity contribution in [1.82, 2.24) is 14.9 Å². The average Bonchev–Trinajstić information content (AvgIpc) is 3.40. The smallest absolute Gasteiger partial charge is 0.319 e. The molecule has 8 rings (SSSR count). The number of ether oxygens (including phenoxy) is 2. The molecule has 8 nitrogen and oxygen atoms in total. The predicted molar refractivity (Wildman–Crippen MR) is 166 cm³/mol. The second-order valence-corrected chi connectivity index (χ2v) is 14.3. The number of carbonyl (C=O) groups excluding carboxylic acids is 1. The molecule has 9 heteroatoms. The highest BCUT2D eigenvalue weighted by Crippen LogP contribution is 2.55. The van der Waals surface area contributed by atoms with Gasteiger partial charge in [-0.3, -0.25) is 0 Å². The molecule has 4 bridgehead atoms. The maximum absolute atomic E-state index is 13.3. The molecule has 4 saturated carbocycles. The monoisotopic (exact) mass is 602 g/mol. The Balaban J connectivity index is 1.08. The number of hydrogen-bond donors (Lipinski definition) is 3. The molecule has 43 heavy (non-hydrogen) atoms. The van der Waals surface area contributed by atoms with Gasteiger partial charge in [-0.25, -0.2) is 9.78 Å². The summed E-state index contributed by atoms with van der Waals surface area (Å²) in [5, 5.41) is 17.0. The molecule has 3 aromatic rings. The molecule has 0 spiro atoms. The van der Waals surface area contributed by atoms with Crippen LogP contribution in [0.2, 0.25) is 0 Å². The Morgan fingerprint density at radius 3 is 2.42 bits per heavy atom. The Kier molecular flexibility index (Phi) is 8.01. The van der Waals surface area contributed by atoms with E-state index in [0.29, 0.717) is 0 Å². The summed E-state index contributed by atoms with van der Waals surface area (Å²) < 4.78 is 15.3. The van der Waals surface area contributed by atoms with Crippen molar-refractivity contribution in [3.63, 3.8) is 0 Å². The number of aliphatic hydroxyl groups is 1. The van der Waals surface area contributed by atoms with E-state index in [0.717, 1.165) is 70.3 Å². The summed E-state index contributed by atoms with van der Waals surface area (Å²) in [6.07, 6.45) is 10.2. The Hall–Kier alpha value is -2.85. The van der Waals surface area contributed by atoms with Gasteiger partial charge in [-0.2, -0.15) is 0 Å². The van der Waals surface area contributed by atoms with Gasteiger partial charge < -0.3 is 29.8 Å². The van der Waals surface area contributed by atoms with Crippen LogP contribution in [0.3, 0.4) is 0 Å². The summed E-state index contributed by atoms with van der Waals surface area (Å²) in [5.74, 6) is 3.12. The number of amides is 2. The number of benzene rings is 2. The lowest BCUT2D eigenvalue weighted by Gasteiger charge is -2.56. The highest BCUT2D eigenvalue weighted by Gasteiger charge is 2.51. The zero-order valence-electron chi connectivity index (χ0n) is 24.9. The molecule has 1 aromatic heterocycles. The fourth-order valence-corrected chi connectivity index (χ4v) is 9.48. The lowest BCUT2D eigenvalue weighted by Crippen LogP contribution is -2.60. The summed E-state index contributed by atoms with van der Waals surface area (Å²) in [7, 11) is 2.00. The van der Waals surface area contributed by atoms with Crippen molar-refractivity contribution >= 4 is 23.5 Å². The molecular formula is C34H42N4O4S. The van der Waals surface area contributed by atoms with Gasteiger partial charge in [-0.1, -0.05) is 55.1 Å². The van der Waals surface area contributed by atoms with Gasteiger partial charge >= 0.3 is 6.03 Å². The number of imidazole rings is 1. The molecule has 228 valence electrons. The fraction of sp³-hybridized carbons (Fsp3) is 0.529. The van der Waals surface area contributed by atoms with Crippen LogP contribution < -0.4 is 10.6 Å². The number of thioether (sulfide) groups is 1. The standard InChI is InChI=1S/C34H42N4O4S/c1-21-29(20-43-33-35-10-11-38(33)2)41-31(42-30(21)26-8-6-22(19-39)7-9-26)27-4-3-5-28(15-27)36-32(40)37-34-16-23-12-24(17-34)14-25(13-23)18-34/h3-11,15,21,23-25,29-31,39H,12-14,16-20H2,1-2H3,(H2,36,37,40)/t21-,23?,24?,25?,29+,30+,31+,34?/m1/s1. The largest absolute Gasteiger partial charge is 0.392 e. The number of carbonyl (C=O) groups is 1. The van der Waals surface area contributed by atoms with E-state index in [1.165, 1.54) is 19.3 Å². The van der Waals surface area contributed by atoms with E-state index >= 15 is 0 Å². The maximum Gasteiger partial charge on any atom is 0.319 e. The molecule has 2 heterocycles. The van der Waals surface area contributed by atoms with Crippen LogP contribution >= 0.6 is 11.8 Å². The predicted octanol–water partition coefficient (Wildman–Crippen LogP) is 6.59. The Bertz CT molecular complexity index is 1410. The molecule has 1 saturated heterocycles. The summed E-state index contributed by atoms with van der Waals surface area (Å²) in [5.41, 5.74) is 3.47. The van der Waals surface area contributed by atoms with Gasteiger partial charge in [0.25, 0.3) is 0 Å². The number of aryl methyl sites for hydroxylation is 1. The number of urea groups is 1. The van der Waals surface area contributed by atoms with Gasteiger partial charge in [0.15, 0.2) is 11.4 Å². The minimum atomic E-state index is -0.598. The van der Waals surface area contributed by atoms with Crippen molar-refractivity contribution < 1.29 is 19.4 Å². The first-order valence-corrected chi connectivity index (χ1v) is 16.6. The van der Waals surface area contributed by atoms with Crippen LogP contribution in [0.4, 0.5) is 10.5 Å². The molecule has 3 N–H and O–H groups in total. The van der Waals surface area contributed by atoms with Crippen molar-refractivity contribution in [2.45, 2.75) is 81.2 Å².